The molecule has 0 aliphatic carbocycles. The van der Waals surface area contributed by atoms with Crippen LogP contribution in [-0.2, 0) is 36.0 Å². The molecule has 0 unspecified atom stereocenters. The van der Waals surface area contributed by atoms with E-state index in [9.17, 15) is 15.1 Å². The summed E-state index contributed by atoms with van der Waals surface area (Å²) in [6.07, 6.45) is 0. The van der Waals surface area contributed by atoms with Gasteiger partial charge in [0.1, 0.15) is 0 Å². The maximum absolute atomic E-state index is 9.95. The molecule has 0 spiro atoms. The number of phosphoric ester groups is 1. The van der Waals surface area contributed by atoms with Gasteiger partial charge in [0.15, 0.2) is 0 Å². The third-order valence-electron chi connectivity index (χ3n) is 0.570. The van der Waals surface area contributed by atoms with Crippen LogP contribution in [0.5, 0.6) is 0 Å². The second-order valence-electron chi connectivity index (χ2n) is 1.55. The summed E-state index contributed by atoms with van der Waals surface area (Å²) in [5.41, 5.74) is 0. The SMILES string of the molecule is O=P(O)(O)OCC[O][Mo](=[O])(=[O])[O-].[Na+]. The van der Waals surface area contributed by atoms with E-state index >= 15 is 0 Å². The van der Waals surface area contributed by atoms with E-state index in [2.05, 4.69) is 7.91 Å². The van der Waals surface area contributed by atoms with Crippen molar-refractivity contribution < 1.29 is 79.1 Å². The van der Waals surface area contributed by atoms with Crippen molar-refractivity contribution in [3.05, 3.63) is 0 Å². The van der Waals surface area contributed by atoms with Crippen LogP contribution in [-0.4, -0.2) is 23.0 Å². The number of rotatable bonds is 5. The van der Waals surface area contributed by atoms with Crippen molar-refractivity contribution in [3.8, 4) is 0 Å². The van der Waals surface area contributed by atoms with Gasteiger partial charge in [0.2, 0.25) is 0 Å². The molecule has 13 heavy (non-hydrogen) atoms. The van der Waals surface area contributed by atoms with Crippen LogP contribution >= 0.6 is 7.82 Å². The Bertz CT molecular complexity index is 266. The molecule has 11 heteroatoms. The Balaban J connectivity index is 0. The van der Waals surface area contributed by atoms with Crippen molar-refractivity contribution in [3.63, 3.8) is 0 Å². The summed E-state index contributed by atoms with van der Waals surface area (Å²) in [6, 6.07) is 0. The summed E-state index contributed by atoms with van der Waals surface area (Å²) < 4.78 is 46.9. The second kappa shape index (κ2) is 6.74. The van der Waals surface area contributed by atoms with E-state index in [0.29, 0.717) is 0 Å². The third kappa shape index (κ3) is 16.0. The number of hydrogen-bond donors (Lipinski definition) is 2. The molecule has 0 aromatic carbocycles. The monoisotopic (exact) mass is 310 g/mol. The van der Waals surface area contributed by atoms with Gasteiger partial charge in [-0.1, -0.05) is 0 Å². The maximum atomic E-state index is 9.95. The summed E-state index contributed by atoms with van der Waals surface area (Å²) in [6.45, 7) is -1.33. The standard InChI is InChI=1S/C2H6O5P.Mo.Na.3O/c3-1-2-7-8(4,5)6;;;;;/h1-2H2,(H2,4,5,6);;;;;/q-1;2*+1;;;-1. The molecule has 0 aliphatic rings. The Morgan fingerprint density at radius 2 is 1.77 bits per heavy atom. The average Bonchev–Trinajstić information content (AvgIpc) is 1.76. The fourth-order valence-corrected chi connectivity index (χ4v) is 1.27. The quantitative estimate of drug-likeness (QED) is 0.293. The van der Waals surface area contributed by atoms with E-state index in [4.69, 9.17) is 9.79 Å². The van der Waals surface area contributed by atoms with Crippen molar-refractivity contribution in [1.29, 1.82) is 0 Å². The molecule has 0 amide bonds. The molecule has 2 N–H and O–H groups in total. The molecule has 8 nitrogen and oxygen atoms in total. The molecule has 0 rings (SSSR count). The molecule has 0 saturated heterocycles. The summed E-state index contributed by atoms with van der Waals surface area (Å²) in [4.78, 5) is 16.1. The molecule has 0 aliphatic heterocycles. The Labute approximate surface area is 99.5 Å². The fraction of sp³-hybridized carbons (Fsp3) is 1.00. The Morgan fingerprint density at radius 1 is 1.31 bits per heavy atom. The molecule has 74 valence electrons. The van der Waals surface area contributed by atoms with Crippen molar-refractivity contribution in [2.45, 2.75) is 0 Å². The van der Waals surface area contributed by atoms with Crippen LogP contribution in [0.4, 0.5) is 0 Å². The maximum Gasteiger partial charge on any atom is 1.00 e. The van der Waals surface area contributed by atoms with Crippen molar-refractivity contribution in [2.75, 3.05) is 13.2 Å². The Kier molecular flexibility index (Phi) is 8.68. The molecular formula is C2H6MoNaO8P. The average molecular weight is 308 g/mol. The molecule has 0 fully saturated rings. The van der Waals surface area contributed by atoms with Crippen LogP contribution in [0.3, 0.4) is 0 Å². The fourth-order valence-electron chi connectivity index (χ4n) is 0.292. The summed E-state index contributed by atoms with van der Waals surface area (Å²) in [5.74, 6) is 0. The second-order valence-corrected chi connectivity index (χ2v) is 5.38. The largest absolute Gasteiger partial charge is 1.00 e. The predicted octanol–water partition coefficient (Wildman–Crippen LogP) is -4.85. The van der Waals surface area contributed by atoms with Crippen LogP contribution in [0.1, 0.15) is 0 Å². The van der Waals surface area contributed by atoms with E-state index in [-0.39, 0.29) is 29.6 Å². The number of phosphoric acid groups is 1. The minimum Gasteiger partial charge on any atom is 1.00 e. The molecule has 0 bridgehead atoms. The molecule has 0 heterocycles. The van der Waals surface area contributed by atoms with E-state index in [1.54, 1.807) is 0 Å². The summed E-state index contributed by atoms with van der Waals surface area (Å²) in [7, 11) is -4.61. The van der Waals surface area contributed by atoms with Crippen molar-refractivity contribution >= 4 is 7.82 Å². The molecule has 0 saturated carbocycles. The normalized spacial score (nSPS) is 12.2. The molecule has 0 aromatic heterocycles. The Morgan fingerprint density at radius 3 is 2.08 bits per heavy atom. The van der Waals surface area contributed by atoms with Gasteiger partial charge in [-0.2, -0.15) is 0 Å². The minimum atomic E-state index is -5.81. The Hall–Kier alpha value is 1.32. The van der Waals surface area contributed by atoms with Gasteiger partial charge in [-0.3, -0.25) is 0 Å². The van der Waals surface area contributed by atoms with Crippen LogP contribution < -0.4 is 33.3 Å². The van der Waals surface area contributed by atoms with Gasteiger partial charge in [0.25, 0.3) is 0 Å². The topological polar surface area (TPSA) is 133 Å². The number of hydrogen-bond acceptors (Lipinski definition) is 6. The van der Waals surface area contributed by atoms with Crippen LogP contribution in [0.2, 0.25) is 0 Å². The molecule has 0 radical (unpaired) electrons. The van der Waals surface area contributed by atoms with E-state index < -0.39 is 37.8 Å². The zero-order valence-corrected chi connectivity index (χ0v) is 11.5. The van der Waals surface area contributed by atoms with E-state index in [1.807, 2.05) is 0 Å². The minimum absolute atomic E-state index is 0. The first-order chi connectivity index (χ1) is 5.21. The van der Waals surface area contributed by atoms with Gasteiger partial charge in [-0.25, -0.2) is 0 Å². The molecule has 0 aromatic rings. The first-order valence-corrected chi connectivity index (χ1v) is 7.32. The smallest absolute Gasteiger partial charge is 1.00 e. The van der Waals surface area contributed by atoms with E-state index in [0.717, 1.165) is 0 Å². The van der Waals surface area contributed by atoms with Gasteiger partial charge in [-0.15, -0.1) is 0 Å². The van der Waals surface area contributed by atoms with Gasteiger partial charge in [-0.05, 0) is 0 Å². The van der Waals surface area contributed by atoms with Gasteiger partial charge in [0.05, 0.1) is 0 Å². The van der Waals surface area contributed by atoms with Crippen LogP contribution in [0.15, 0.2) is 0 Å². The first kappa shape index (κ1) is 16.7. The summed E-state index contributed by atoms with van der Waals surface area (Å²) in [5, 5.41) is 0. The van der Waals surface area contributed by atoms with Crippen LogP contribution in [0.25, 0.3) is 0 Å². The first-order valence-electron chi connectivity index (χ1n) is 2.51. The molecule has 0 atom stereocenters. The van der Waals surface area contributed by atoms with Gasteiger partial charge < -0.3 is 0 Å². The van der Waals surface area contributed by atoms with E-state index in [1.165, 1.54) is 0 Å². The van der Waals surface area contributed by atoms with Crippen LogP contribution in [0, 0.1) is 0 Å². The predicted molar refractivity (Wildman–Crippen MR) is 25.3 cm³/mol. The summed E-state index contributed by atoms with van der Waals surface area (Å²) >= 11 is -5.81. The zero-order valence-electron chi connectivity index (χ0n) is 6.61. The van der Waals surface area contributed by atoms with Crippen molar-refractivity contribution in [1.82, 2.24) is 0 Å². The van der Waals surface area contributed by atoms with Gasteiger partial charge >= 0.3 is 100 Å². The van der Waals surface area contributed by atoms with Gasteiger partial charge in [0, 0.05) is 0 Å². The third-order valence-corrected chi connectivity index (χ3v) is 2.21. The molecular weight excluding hydrogens is 302 g/mol. The van der Waals surface area contributed by atoms with Crippen molar-refractivity contribution in [2.24, 2.45) is 0 Å². The zero-order chi connectivity index (χ0) is 9.83.